The molecule has 0 amide bonds. The Hall–Kier alpha value is -1.13. The van der Waals surface area contributed by atoms with E-state index in [9.17, 15) is 4.79 Å². The van der Waals surface area contributed by atoms with Crippen molar-refractivity contribution in [2.24, 2.45) is 5.41 Å². The van der Waals surface area contributed by atoms with E-state index in [1.54, 1.807) is 0 Å². The molecule has 0 spiro atoms. The van der Waals surface area contributed by atoms with E-state index < -0.39 is 0 Å². The molecule has 1 aromatic carbocycles. The van der Waals surface area contributed by atoms with E-state index in [0.717, 1.165) is 34.2 Å². The lowest BCUT2D eigenvalue weighted by atomic mass is 9.92. The third-order valence-corrected chi connectivity index (χ3v) is 5.18. The number of nitrogens with zero attached hydrogens (tertiary/aromatic N) is 1. The fourth-order valence-electron chi connectivity index (χ4n) is 3.14. The van der Waals surface area contributed by atoms with Crippen LogP contribution in [0.15, 0.2) is 41.4 Å². The highest BCUT2D eigenvalue weighted by Gasteiger charge is 2.32. The minimum absolute atomic E-state index is 0.0664. The minimum Gasteiger partial charge on any atom is -0.464 e. The molecule has 0 aromatic heterocycles. The SMILES string of the molecule is C=C(Br)CC(C(=O)OCC(C)(C)C[N+](C)(CC)CC)c1ccccc1. The van der Waals surface area contributed by atoms with E-state index >= 15 is 0 Å². The summed E-state index contributed by atoms with van der Waals surface area (Å²) in [4.78, 5) is 12.7. The van der Waals surface area contributed by atoms with Crippen molar-refractivity contribution in [2.75, 3.05) is 33.3 Å². The van der Waals surface area contributed by atoms with Crippen molar-refractivity contribution >= 4 is 21.9 Å². The third kappa shape index (κ3) is 7.33. The Bertz CT molecular complexity index is 565. The smallest absolute Gasteiger partial charge is 0.313 e. The molecule has 0 saturated carbocycles. The van der Waals surface area contributed by atoms with Gasteiger partial charge >= 0.3 is 5.97 Å². The molecule has 0 N–H and O–H groups in total. The molecule has 0 bridgehead atoms. The van der Waals surface area contributed by atoms with Gasteiger partial charge in [-0.25, -0.2) is 0 Å². The molecule has 0 aliphatic carbocycles. The molecule has 1 atom stereocenters. The minimum atomic E-state index is -0.318. The molecule has 0 saturated heterocycles. The second-order valence-electron chi connectivity index (χ2n) is 7.87. The molecule has 1 unspecified atom stereocenters. The van der Waals surface area contributed by atoms with Gasteiger partial charge in [0, 0.05) is 5.41 Å². The number of halogens is 1. The number of esters is 1. The van der Waals surface area contributed by atoms with Crippen LogP contribution in [0.3, 0.4) is 0 Å². The Labute approximate surface area is 161 Å². The molecule has 140 valence electrons. The van der Waals surface area contributed by atoms with E-state index in [4.69, 9.17) is 4.74 Å². The summed E-state index contributed by atoms with van der Waals surface area (Å²) in [6, 6.07) is 9.78. The average molecular weight is 411 g/mol. The van der Waals surface area contributed by atoms with Gasteiger partial charge in [-0.2, -0.15) is 0 Å². The van der Waals surface area contributed by atoms with Crippen LogP contribution < -0.4 is 0 Å². The second-order valence-corrected chi connectivity index (χ2v) is 8.99. The Balaban J connectivity index is 2.78. The van der Waals surface area contributed by atoms with Gasteiger partial charge in [0.05, 0.1) is 32.6 Å². The first kappa shape index (κ1) is 21.9. The highest BCUT2D eigenvalue weighted by atomic mass is 79.9. The normalized spacial score (nSPS) is 13.4. The Morgan fingerprint density at radius 3 is 2.28 bits per heavy atom. The van der Waals surface area contributed by atoms with Crippen molar-refractivity contribution in [1.82, 2.24) is 0 Å². The van der Waals surface area contributed by atoms with E-state index in [2.05, 4.69) is 57.3 Å². The molecule has 1 rings (SSSR count). The van der Waals surface area contributed by atoms with Gasteiger partial charge < -0.3 is 9.22 Å². The maximum atomic E-state index is 12.7. The number of hydrogen-bond acceptors (Lipinski definition) is 2. The van der Waals surface area contributed by atoms with Crippen LogP contribution in [0.4, 0.5) is 0 Å². The van der Waals surface area contributed by atoms with Gasteiger partial charge in [-0.15, -0.1) is 0 Å². The van der Waals surface area contributed by atoms with Gasteiger partial charge in [0.15, 0.2) is 0 Å². The lowest BCUT2D eigenvalue weighted by molar-refractivity contribution is -0.912. The molecule has 1 aromatic rings. The average Bonchev–Trinajstić information content (AvgIpc) is 2.58. The van der Waals surface area contributed by atoms with Crippen LogP contribution in [0, 0.1) is 5.41 Å². The highest BCUT2D eigenvalue weighted by Crippen LogP contribution is 2.28. The summed E-state index contributed by atoms with van der Waals surface area (Å²) in [5.41, 5.74) is 0.900. The topological polar surface area (TPSA) is 26.3 Å². The number of carbonyl (C=O) groups excluding carboxylic acids is 1. The zero-order valence-corrected chi connectivity index (χ0v) is 17.9. The van der Waals surface area contributed by atoms with Crippen LogP contribution in [0.1, 0.15) is 45.6 Å². The van der Waals surface area contributed by atoms with Crippen LogP contribution in [-0.2, 0) is 9.53 Å². The van der Waals surface area contributed by atoms with Gasteiger partial charge in [-0.1, -0.05) is 66.7 Å². The molecule has 25 heavy (non-hydrogen) atoms. The summed E-state index contributed by atoms with van der Waals surface area (Å²) in [5.74, 6) is -0.496. The predicted molar refractivity (Wildman–Crippen MR) is 109 cm³/mol. The largest absolute Gasteiger partial charge is 0.464 e. The summed E-state index contributed by atoms with van der Waals surface area (Å²) < 4.78 is 7.53. The Morgan fingerprint density at radius 2 is 1.80 bits per heavy atom. The van der Waals surface area contributed by atoms with Gasteiger partial charge in [-0.3, -0.25) is 4.79 Å². The number of benzene rings is 1. The van der Waals surface area contributed by atoms with Crippen molar-refractivity contribution in [2.45, 2.75) is 40.0 Å². The van der Waals surface area contributed by atoms with Gasteiger partial charge in [0.2, 0.25) is 0 Å². The van der Waals surface area contributed by atoms with Gasteiger partial charge in [0.25, 0.3) is 0 Å². The van der Waals surface area contributed by atoms with Crippen LogP contribution in [0.5, 0.6) is 0 Å². The summed E-state index contributed by atoms with van der Waals surface area (Å²) in [6.07, 6.45) is 0.543. The highest BCUT2D eigenvalue weighted by molar-refractivity contribution is 9.11. The molecule has 0 aliphatic heterocycles. The van der Waals surface area contributed by atoms with Crippen molar-refractivity contribution in [1.29, 1.82) is 0 Å². The lowest BCUT2D eigenvalue weighted by Crippen LogP contribution is -2.50. The summed E-state index contributed by atoms with van der Waals surface area (Å²) in [7, 11) is 2.26. The van der Waals surface area contributed by atoms with Crippen molar-refractivity contribution in [3.8, 4) is 0 Å². The molecule has 4 heteroatoms. The maximum Gasteiger partial charge on any atom is 0.313 e. The Morgan fingerprint density at radius 1 is 1.24 bits per heavy atom. The molecule has 3 nitrogen and oxygen atoms in total. The summed E-state index contributed by atoms with van der Waals surface area (Å²) >= 11 is 3.38. The van der Waals surface area contributed by atoms with E-state index in [-0.39, 0.29) is 17.3 Å². The van der Waals surface area contributed by atoms with Crippen molar-refractivity contribution in [3.05, 3.63) is 47.0 Å². The van der Waals surface area contributed by atoms with Crippen LogP contribution >= 0.6 is 15.9 Å². The third-order valence-electron chi connectivity index (χ3n) is 4.85. The molecule has 0 fully saturated rings. The first-order valence-corrected chi connectivity index (χ1v) is 9.80. The number of rotatable bonds is 10. The zero-order chi connectivity index (χ0) is 19.1. The standard InChI is InChI=1S/C21H33BrNO2/c1-7-23(6,8-2)15-21(4,5)16-25-20(24)19(14-17(3)22)18-12-10-9-11-13-18/h9-13,19H,3,7-8,14-16H2,1-2,4-6H3/q+1. The van der Waals surface area contributed by atoms with E-state index in [1.165, 1.54) is 0 Å². The first-order valence-electron chi connectivity index (χ1n) is 9.01. The van der Waals surface area contributed by atoms with Crippen LogP contribution in [0.25, 0.3) is 0 Å². The first-order chi connectivity index (χ1) is 11.6. The maximum absolute atomic E-state index is 12.7. The number of hydrogen-bond donors (Lipinski definition) is 0. The monoisotopic (exact) mass is 410 g/mol. The number of allylic oxidation sites excluding steroid dienone is 1. The van der Waals surface area contributed by atoms with Gasteiger partial charge in [0.1, 0.15) is 6.61 Å². The fraction of sp³-hybridized carbons (Fsp3) is 0.571. The summed E-state index contributed by atoms with van der Waals surface area (Å²) in [6.45, 7) is 16.2. The van der Waals surface area contributed by atoms with E-state index in [1.807, 2.05) is 30.3 Å². The van der Waals surface area contributed by atoms with Crippen molar-refractivity contribution in [3.63, 3.8) is 0 Å². The molecule has 0 heterocycles. The fourth-order valence-corrected chi connectivity index (χ4v) is 3.46. The second kappa shape index (κ2) is 9.54. The molecule has 0 radical (unpaired) electrons. The number of quaternary nitrogens is 1. The number of carbonyl (C=O) groups is 1. The summed E-state index contributed by atoms with van der Waals surface area (Å²) in [5, 5.41) is 0. The molecular formula is C21H33BrNO2+. The lowest BCUT2D eigenvalue weighted by Gasteiger charge is -2.39. The molecular weight excluding hydrogens is 378 g/mol. The van der Waals surface area contributed by atoms with Gasteiger partial charge in [-0.05, 0) is 30.3 Å². The molecule has 0 aliphatic rings. The van der Waals surface area contributed by atoms with Crippen LogP contribution in [0.2, 0.25) is 0 Å². The van der Waals surface area contributed by atoms with Crippen LogP contribution in [-0.4, -0.2) is 43.7 Å². The zero-order valence-electron chi connectivity index (χ0n) is 16.3. The number of ether oxygens (including phenoxy) is 1. The quantitative estimate of drug-likeness (QED) is 0.394. The Kier molecular flexibility index (Phi) is 8.36. The van der Waals surface area contributed by atoms with E-state index in [0.29, 0.717) is 13.0 Å². The predicted octanol–water partition coefficient (Wildman–Crippen LogP) is 5.12. The van der Waals surface area contributed by atoms with Crippen molar-refractivity contribution < 1.29 is 14.0 Å².